The summed E-state index contributed by atoms with van der Waals surface area (Å²) >= 11 is 0. The van der Waals surface area contributed by atoms with E-state index in [1.807, 2.05) is 19.1 Å². The largest absolute Gasteiger partial charge is 0.494 e. The van der Waals surface area contributed by atoms with E-state index in [1.54, 1.807) is 6.07 Å². The van der Waals surface area contributed by atoms with Crippen LogP contribution in [-0.2, 0) is 12.8 Å². The zero-order valence-corrected chi connectivity index (χ0v) is 13.8. The van der Waals surface area contributed by atoms with E-state index in [1.165, 1.54) is 24.8 Å². The summed E-state index contributed by atoms with van der Waals surface area (Å²) in [5, 5.41) is 2.90. The third-order valence-electron chi connectivity index (χ3n) is 4.09. The second kappa shape index (κ2) is 6.91. The van der Waals surface area contributed by atoms with Crippen LogP contribution in [0.2, 0.25) is 0 Å². The fourth-order valence-corrected chi connectivity index (χ4v) is 2.89. The van der Waals surface area contributed by atoms with Crippen molar-refractivity contribution in [1.29, 1.82) is 0 Å². The van der Waals surface area contributed by atoms with Crippen molar-refractivity contribution in [3.8, 4) is 11.5 Å². The van der Waals surface area contributed by atoms with E-state index in [0.717, 1.165) is 24.3 Å². The number of benzene rings is 2. The number of fused-ring (bicyclic) bond motifs is 1. The highest BCUT2D eigenvalue weighted by Gasteiger charge is 2.15. The second-order valence-corrected chi connectivity index (χ2v) is 5.97. The third kappa shape index (κ3) is 3.50. The molecule has 0 aromatic heterocycles. The average molecular weight is 329 g/mol. The minimum Gasteiger partial charge on any atom is -0.494 e. The number of amides is 1. The number of hydrogen-bond donors (Lipinski definition) is 1. The maximum atomic E-state index is 13.7. The van der Waals surface area contributed by atoms with Crippen LogP contribution >= 0.6 is 0 Å². The molecule has 1 heterocycles. The maximum absolute atomic E-state index is 13.7. The Labute approximate surface area is 140 Å². The lowest BCUT2D eigenvalue weighted by atomic mass is 10.0. The van der Waals surface area contributed by atoms with Crippen LogP contribution in [0.1, 0.15) is 28.4 Å². The Morgan fingerprint density at radius 2 is 2.17 bits per heavy atom. The number of halogens is 1. The molecule has 24 heavy (non-hydrogen) atoms. The van der Waals surface area contributed by atoms with E-state index in [9.17, 15) is 9.18 Å². The van der Waals surface area contributed by atoms with E-state index in [-0.39, 0.29) is 23.3 Å². The molecule has 1 N–H and O–H groups in total. The van der Waals surface area contributed by atoms with Crippen LogP contribution in [0, 0.1) is 5.82 Å². The van der Waals surface area contributed by atoms with E-state index < -0.39 is 5.82 Å². The van der Waals surface area contributed by atoms with Gasteiger partial charge in [-0.1, -0.05) is 12.1 Å². The van der Waals surface area contributed by atoms with Gasteiger partial charge >= 0.3 is 0 Å². The molecule has 0 bridgehead atoms. The maximum Gasteiger partial charge on any atom is 0.251 e. The molecule has 1 atom stereocenters. The minimum absolute atomic E-state index is 0.0666. The van der Waals surface area contributed by atoms with Crippen LogP contribution < -0.4 is 14.8 Å². The van der Waals surface area contributed by atoms with Gasteiger partial charge in [-0.15, -0.1) is 0 Å². The normalized spacial score (nSPS) is 13.8. The van der Waals surface area contributed by atoms with Gasteiger partial charge in [-0.05, 0) is 48.7 Å². The van der Waals surface area contributed by atoms with Crippen molar-refractivity contribution in [3.05, 3.63) is 58.9 Å². The van der Waals surface area contributed by atoms with Crippen molar-refractivity contribution in [3.63, 3.8) is 0 Å². The lowest BCUT2D eigenvalue weighted by Crippen LogP contribution is -2.34. The molecule has 4 nitrogen and oxygen atoms in total. The molecule has 0 aliphatic carbocycles. The van der Waals surface area contributed by atoms with E-state index >= 15 is 0 Å². The second-order valence-electron chi connectivity index (χ2n) is 5.97. The van der Waals surface area contributed by atoms with Gasteiger partial charge in [-0.2, -0.15) is 0 Å². The highest BCUT2D eigenvalue weighted by molar-refractivity contribution is 5.94. The summed E-state index contributed by atoms with van der Waals surface area (Å²) in [6, 6.07) is 10.2. The number of nitrogens with one attached hydrogen (secondary N) is 1. The van der Waals surface area contributed by atoms with Gasteiger partial charge in [0.05, 0.1) is 13.7 Å². The third-order valence-corrected chi connectivity index (χ3v) is 4.09. The smallest absolute Gasteiger partial charge is 0.251 e. The molecule has 1 aliphatic heterocycles. The van der Waals surface area contributed by atoms with Gasteiger partial charge in [0.1, 0.15) is 5.75 Å². The fourth-order valence-electron chi connectivity index (χ4n) is 2.89. The Hall–Kier alpha value is -2.56. The van der Waals surface area contributed by atoms with Crippen molar-refractivity contribution in [2.24, 2.45) is 0 Å². The van der Waals surface area contributed by atoms with Crippen molar-refractivity contribution in [1.82, 2.24) is 5.32 Å². The summed E-state index contributed by atoms with van der Waals surface area (Å²) < 4.78 is 24.1. The number of ether oxygens (including phenoxy) is 2. The summed E-state index contributed by atoms with van der Waals surface area (Å²) in [6.07, 6.45) is 1.63. The molecule has 0 radical (unpaired) electrons. The van der Waals surface area contributed by atoms with Crippen LogP contribution in [0.3, 0.4) is 0 Å². The molecule has 0 unspecified atom stereocenters. The van der Waals surface area contributed by atoms with Gasteiger partial charge in [0.15, 0.2) is 11.6 Å². The molecule has 1 amide bonds. The first-order valence-corrected chi connectivity index (χ1v) is 7.96. The van der Waals surface area contributed by atoms with Crippen molar-refractivity contribution >= 4 is 5.91 Å². The molecule has 5 heteroatoms. The summed E-state index contributed by atoms with van der Waals surface area (Å²) in [4.78, 5) is 12.2. The van der Waals surface area contributed by atoms with E-state index in [0.29, 0.717) is 6.42 Å². The summed E-state index contributed by atoms with van der Waals surface area (Å²) in [7, 11) is 1.39. The fraction of sp³-hybridized carbons (Fsp3) is 0.316. The Bertz CT molecular complexity index is 760. The highest BCUT2D eigenvalue weighted by Crippen LogP contribution is 2.26. The Kier molecular flexibility index (Phi) is 4.69. The zero-order chi connectivity index (χ0) is 17.1. The van der Waals surface area contributed by atoms with Gasteiger partial charge in [-0.3, -0.25) is 4.79 Å². The van der Waals surface area contributed by atoms with Crippen LogP contribution in [0.15, 0.2) is 36.4 Å². The number of carbonyl (C=O) groups excluding carboxylic acids is 1. The lowest BCUT2D eigenvalue weighted by Gasteiger charge is -2.15. The molecule has 0 fully saturated rings. The van der Waals surface area contributed by atoms with Gasteiger partial charge in [0.25, 0.3) is 5.91 Å². The Morgan fingerprint density at radius 3 is 2.92 bits per heavy atom. The van der Waals surface area contributed by atoms with Gasteiger partial charge in [-0.25, -0.2) is 4.39 Å². The van der Waals surface area contributed by atoms with Gasteiger partial charge in [0, 0.05) is 18.0 Å². The molecule has 0 saturated heterocycles. The Balaban J connectivity index is 1.63. The molecule has 1 aliphatic rings. The molecule has 0 saturated carbocycles. The molecule has 2 aromatic carbocycles. The standard InChI is InChI=1S/C19H20FNO3/c1-12(9-13-3-5-17-14(10-13)7-8-24-17)21-19(22)15-4-6-18(23-2)16(20)11-15/h3-6,10-12H,7-9H2,1-2H3,(H,21,22)/t12-/m1/s1. The Morgan fingerprint density at radius 1 is 1.33 bits per heavy atom. The first kappa shape index (κ1) is 16.3. The van der Waals surface area contributed by atoms with E-state index in [2.05, 4.69) is 11.4 Å². The van der Waals surface area contributed by atoms with Crippen molar-refractivity contribution in [2.45, 2.75) is 25.8 Å². The number of rotatable bonds is 5. The predicted molar refractivity (Wildman–Crippen MR) is 89.2 cm³/mol. The first-order valence-electron chi connectivity index (χ1n) is 7.96. The molecular formula is C19H20FNO3. The quantitative estimate of drug-likeness (QED) is 0.917. The van der Waals surface area contributed by atoms with Gasteiger partial charge < -0.3 is 14.8 Å². The van der Waals surface area contributed by atoms with Crippen LogP contribution in [0.4, 0.5) is 4.39 Å². The zero-order valence-electron chi connectivity index (χ0n) is 13.8. The molecule has 126 valence electrons. The highest BCUT2D eigenvalue weighted by atomic mass is 19.1. The molecule has 0 spiro atoms. The lowest BCUT2D eigenvalue weighted by molar-refractivity contribution is 0.0939. The summed E-state index contributed by atoms with van der Waals surface area (Å²) in [5.41, 5.74) is 2.64. The average Bonchev–Trinajstić information content (AvgIpc) is 3.02. The van der Waals surface area contributed by atoms with Gasteiger partial charge in [0.2, 0.25) is 0 Å². The first-order chi connectivity index (χ1) is 11.6. The topological polar surface area (TPSA) is 47.6 Å². The predicted octanol–water partition coefficient (Wildman–Crippen LogP) is 3.13. The van der Waals surface area contributed by atoms with Crippen LogP contribution in [0.5, 0.6) is 11.5 Å². The van der Waals surface area contributed by atoms with Crippen molar-refractivity contribution in [2.75, 3.05) is 13.7 Å². The number of hydrogen-bond acceptors (Lipinski definition) is 3. The monoisotopic (exact) mass is 329 g/mol. The number of carbonyl (C=O) groups is 1. The SMILES string of the molecule is COc1ccc(C(=O)N[C@H](C)Cc2ccc3c(c2)CCO3)cc1F. The van der Waals surface area contributed by atoms with E-state index in [4.69, 9.17) is 9.47 Å². The van der Waals surface area contributed by atoms with Crippen LogP contribution in [-0.4, -0.2) is 25.7 Å². The minimum atomic E-state index is -0.545. The molecule has 2 aromatic rings. The summed E-state index contributed by atoms with van der Waals surface area (Å²) in [6.45, 7) is 2.66. The molecule has 3 rings (SSSR count). The van der Waals surface area contributed by atoms with Crippen molar-refractivity contribution < 1.29 is 18.7 Å². The summed E-state index contributed by atoms with van der Waals surface area (Å²) in [5.74, 6) is 0.231. The molecular weight excluding hydrogens is 309 g/mol. The number of methoxy groups -OCH3 is 1. The van der Waals surface area contributed by atoms with Crippen LogP contribution in [0.25, 0.3) is 0 Å².